The van der Waals surface area contributed by atoms with Crippen LogP contribution in [0.25, 0.3) is 0 Å². The van der Waals surface area contributed by atoms with E-state index in [-0.39, 0.29) is 6.03 Å². The maximum atomic E-state index is 11.6. The summed E-state index contributed by atoms with van der Waals surface area (Å²) in [6.07, 6.45) is 2.68. The van der Waals surface area contributed by atoms with Crippen molar-refractivity contribution in [2.45, 2.75) is 13.3 Å². The Morgan fingerprint density at radius 1 is 1.65 bits per heavy atom. The molecule has 0 unspecified atom stereocenters. The van der Waals surface area contributed by atoms with Gasteiger partial charge >= 0.3 is 6.03 Å². The number of carbonyl (C=O) groups excluding carboxylic acids is 1. The number of aryl methyl sites for hydroxylation is 1. The van der Waals surface area contributed by atoms with E-state index in [9.17, 15) is 4.79 Å². The van der Waals surface area contributed by atoms with Crippen molar-refractivity contribution < 1.29 is 9.53 Å². The summed E-state index contributed by atoms with van der Waals surface area (Å²) >= 11 is 0. The van der Waals surface area contributed by atoms with E-state index in [1.807, 2.05) is 19.1 Å². The number of carbonyl (C=O) groups is 1. The summed E-state index contributed by atoms with van der Waals surface area (Å²) in [6, 6.07) is 3.54. The topological polar surface area (TPSA) is 63.2 Å². The highest BCUT2D eigenvalue weighted by molar-refractivity contribution is 5.88. The number of hydrogen-bond donors (Lipinski definition) is 2. The summed E-state index contributed by atoms with van der Waals surface area (Å²) in [4.78, 5) is 15.7. The number of nitrogens with zero attached hydrogens (tertiary/aromatic N) is 1. The van der Waals surface area contributed by atoms with Crippen molar-refractivity contribution >= 4 is 11.8 Å². The molecule has 92 valence electrons. The second-order valence-corrected chi connectivity index (χ2v) is 4.23. The van der Waals surface area contributed by atoms with Gasteiger partial charge in [0.15, 0.2) is 0 Å². The maximum absolute atomic E-state index is 11.6. The van der Waals surface area contributed by atoms with Crippen LogP contribution in [0.1, 0.15) is 12.0 Å². The third kappa shape index (κ3) is 3.42. The monoisotopic (exact) mass is 235 g/mol. The minimum atomic E-state index is -0.210. The zero-order valence-corrected chi connectivity index (χ0v) is 9.90. The molecule has 2 amide bonds. The zero-order valence-electron chi connectivity index (χ0n) is 9.90. The lowest BCUT2D eigenvalue weighted by Gasteiger charge is -2.11. The lowest BCUT2D eigenvalue weighted by Crippen LogP contribution is -2.33. The van der Waals surface area contributed by atoms with Crippen molar-refractivity contribution in [3.05, 3.63) is 23.9 Å². The lowest BCUT2D eigenvalue weighted by molar-refractivity contribution is 0.185. The molecule has 1 aliphatic heterocycles. The van der Waals surface area contributed by atoms with Gasteiger partial charge in [-0.05, 0) is 25.0 Å². The van der Waals surface area contributed by atoms with Gasteiger partial charge in [-0.1, -0.05) is 6.07 Å². The minimum Gasteiger partial charge on any atom is -0.381 e. The fourth-order valence-corrected chi connectivity index (χ4v) is 1.75. The fourth-order valence-electron chi connectivity index (χ4n) is 1.75. The highest BCUT2D eigenvalue weighted by atomic mass is 16.5. The molecule has 0 aliphatic carbocycles. The molecule has 1 aliphatic rings. The third-order valence-corrected chi connectivity index (χ3v) is 2.82. The number of amides is 2. The molecule has 5 nitrogen and oxygen atoms in total. The van der Waals surface area contributed by atoms with E-state index in [0.717, 1.165) is 25.2 Å². The Bertz CT molecular complexity index is 389. The molecule has 1 saturated heterocycles. The molecule has 5 heteroatoms. The number of ether oxygens (including phenoxy) is 1. The van der Waals surface area contributed by atoms with Gasteiger partial charge in [-0.15, -0.1) is 0 Å². The highest BCUT2D eigenvalue weighted by Crippen LogP contribution is 2.11. The smallest absolute Gasteiger partial charge is 0.320 e. The van der Waals surface area contributed by atoms with E-state index in [1.165, 1.54) is 0 Å². The van der Waals surface area contributed by atoms with E-state index < -0.39 is 0 Å². The van der Waals surface area contributed by atoms with Gasteiger partial charge in [-0.3, -0.25) is 5.32 Å². The first-order valence-corrected chi connectivity index (χ1v) is 5.80. The second kappa shape index (κ2) is 5.63. The van der Waals surface area contributed by atoms with Gasteiger partial charge in [-0.25, -0.2) is 9.78 Å². The first-order chi connectivity index (χ1) is 8.25. The van der Waals surface area contributed by atoms with Crippen molar-refractivity contribution in [1.82, 2.24) is 10.3 Å². The molecule has 0 spiro atoms. The number of hydrogen-bond acceptors (Lipinski definition) is 3. The quantitative estimate of drug-likeness (QED) is 0.835. The first-order valence-electron chi connectivity index (χ1n) is 5.80. The Balaban J connectivity index is 1.79. The minimum absolute atomic E-state index is 0.210. The van der Waals surface area contributed by atoms with Crippen LogP contribution in [0.4, 0.5) is 10.6 Å². The van der Waals surface area contributed by atoms with E-state index in [1.54, 1.807) is 6.20 Å². The summed E-state index contributed by atoms with van der Waals surface area (Å²) in [5.74, 6) is 1.04. The van der Waals surface area contributed by atoms with Crippen molar-refractivity contribution in [2.75, 3.05) is 25.1 Å². The first kappa shape index (κ1) is 11.9. The van der Waals surface area contributed by atoms with Gasteiger partial charge in [0.25, 0.3) is 0 Å². The maximum Gasteiger partial charge on any atom is 0.320 e. The van der Waals surface area contributed by atoms with E-state index in [2.05, 4.69) is 15.6 Å². The second-order valence-electron chi connectivity index (χ2n) is 4.23. The predicted molar refractivity (Wildman–Crippen MR) is 64.9 cm³/mol. The molecule has 1 aromatic heterocycles. The van der Waals surface area contributed by atoms with Crippen LogP contribution in [-0.4, -0.2) is 30.8 Å². The van der Waals surface area contributed by atoms with Gasteiger partial charge in [0, 0.05) is 25.3 Å². The molecule has 2 N–H and O–H groups in total. The van der Waals surface area contributed by atoms with Crippen LogP contribution >= 0.6 is 0 Å². The third-order valence-electron chi connectivity index (χ3n) is 2.82. The van der Waals surface area contributed by atoms with Gasteiger partial charge < -0.3 is 10.1 Å². The van der Waals surface area contributed by atoms with Crippen LogP contribution in [-0.2, 0) is 4.74 Å². The normalized spacial score (nSPS) is 19.0. The number of nitrogens with one attached hydrogen (secondary N) is 2. The largest absolute Gasteiger partial charge is 0.381 e. The molecule has 0 saturated carbocycles. The summed E-state index contributed by atoms with van der Waals surface area (Å²) in [7, 11) is 0. The van der Waals surface area contributed by atoms with Gasteiger partial charge in [0.1, 0.15) is 5.82 Å². The number of anilines is 1. The van der Waals surface area contributed by atoms with Gasteiger partial charge in [0.05, 0.1) is 6.61 Å². The van der Waals surface area contributed by atoms with E-state index >= 15 is 0 Å². The Labute approximate surface area is 101 Å². The molecule has 2 heterocycles. The molecular formula is C12H17N3O2. The summed E-state index contributed by atoms with van der Waals surface area (Å²) in [6.45, 7) is 4.10. The molecule has 1 aromatic rings. The Morgan fingerprint density at radius 2 is 2.53 bits per heavy atom. The summed E-state index contributed by atoms with van der Waals surface area (Å²) in [5, 5.41) is 5.56. The molecular weight excluding hydrogens is 218 g/mol. The average molecular weight is 235 g/mol. The van der Waals surface area contributed by atoms with E-state index in [4.69, 9.17) is 4.74 Å². The van der Waals surface area contributed by atoms with Crippen molar-refractivity contribution in [1.29, 1.82) is 0 Å². The Hall–Kier alpha value is -1.62. The number of rotatable bonds is 3. The summed E-state index contributed by atoms with van der Waals surface area (Å²) < 4.78 is 5.24. The fraction of sp³-hybridized carbons (Fsp3) is 0.500. The molecule has 0 aromatic carbocycles. The average Bonchev–Trinajstić information content (AvgIpc) is 2.82. The number of aromatic nitrogens is 1. The Kier molecular flexibility index (Phi) is 3.93. The SMILES string of the molecule is Cc1cccnc1NC(=O)NC[C@@H]1CCOC1. The van der Waals surface area contributed by atoms with E-state index in [0.29, 0.717) is 18.3 Å². The van der Waals surface area contributed by atoms with Crippen molar-refractivity contribution in [2.24, 2.45) is 5.92 Å². The van der Waals surface area contributed by atoms with Crippen LogP contribution in [0.15, 0.2) is 18.3 Å². The lowest BCUT2D eigenvalue weighted by atomic mass is 10.1. The molecule has 1 fully saturated rings. The van der Waals surface area contributed by atoms with Crippen LogP contribution in [0.5, 0.6) is 0 Å². The molecule has 17 heavy (non-hydrogen) atoms. The van der Waals surface area contributed by atoms with Crippen LogP contribution in [0.2, 0.25) is 0 Å². The molecule has 0 bridgehead atoms. The van der Waals surface area contributed by atoms with Crippen LogP contribution in [0, 0.1) is 12.8 Å². The highest BCUT2D eigenvalue weighted by Gasteiger charge is 2.16. The van der Waals surface area contributed by atoms with Gasteiger partial charge in [-0.2, -0.15) is 0 Å². The predicted octanol–water partition coefficient (Wildman–Crippen LogP) is 1.55. The van der Waals surface area contributed by atoms with Crippen molar-refractivity contribution in [3.63, 3.8) is 0 Å². The zero-order chi connectivity index (χ0) is 12.1. The number of pyridine rings is 1. The number of urea groups is 1. The molecule has 1 atom stereocenters. The van der Waals surface area contributed by atoms with Gasteiger partial charge in [0.2, 0.25) is 0 Å². The Morgan fingerprint density at radius 3 is 3.24 bits per heavy atom. The molecule has 2 rings (SSSR count). The van der Waals surface area contributed by atoms with Crippen molar-refractivity contribution in [3.8, 4) is 0 Å². The van der Waals surface area contributed by atoms with Crippen LogP contribution < -0.4 is 10.6 Å². The van der Waals surface area contributed by atoms with Crippen LogP contribution in [0.3, 0.4) is 0 Å². The standard InChI is InChI=1S/C12H17N3O2/c1-9-3-2-5-13-11(9)15-12(16)14-7-10-4-6-17-8-10/h2-3,5,10H,4,6-8H2,1H3,(H2,13,14,15,16)/t10-/m0/s1. The summed E-state index contributed by atoms with van der Waals surface area (Å²) in [5.41, 5.74) is 0.951. The molecule has 0 radical (unpaired) electrons.